The number of nitrogens with zero attached hydrogens (tertiary/aromatic N) is 1. The van der Waals surface area contributed by atoms with Gasteiger partial charge in [0.2, 0.25) is 5.91 Å². The number of aryl methyl sites for hydroxylation is 2. The Bertz CT molecular complexity index is 1170. The van der Waals surface area contributed by atoms with Crippen LogP contribution in [0.2, 0.25) is 0 Å². The topological polar surface area (TPSA) is 119 Å². The summed E-state index contributed by atoms with van der Waals surface area (Å²) in [6.45, 7) is 3.89. The molecule has 2 aromatic heterocycles. The highest BCUT2D eigenvalue weighted by atomic mass is 32.2. The summed E-state index contributed by atoms with van der Waals surface area (Å²) in [6, 6.07) is 7.73. The molecule has 0 unspecified atom stereocenters. The van der Waals surface area contributed by atoms with Crippen LogP contribution in [0.3, 0.4) is 0 Å². The Hall–Kier alpha value is -2.83. The zero-order valence-electron chi connectivity index (χ0n) is 13.9. The molecule has 2 heterocycles. The van der Waals surface area contributed by atoms with Crippen LogP contribution in [-0.2, 0) is 4.79 Å². The Kier molecular flexibility index (Phi) is 4.97. The largest absolute Gasteiger partial charge is 0.326 e. The van der Waals surface area contributed by atoms with Crippen molar-refractivity contribution in [1.82, 2.24) is 9.97 Å². The Morgan fingerprint density at radius 1 is 1.31 bits per heavy atom. The first-order valence-corrected chi connectivity index (χ1v) is 9.38. The molecular weight excluding hydrogens is 372 g/mol. The average molecular weight is 386 g/mol. The van der Waals surface area contributed by atoms with E-state index in [1.165, 1.54) is 0 Å². The number of aromatic amines is 2. The van der Waals surface area contributed by atoms with Crippen LogP contribution < -0.4 is 16.6 Å². The summed E-state index contributed by atoms with van der Waals surface area (Å²) in [7, 11) is 0. The van der Waals surface area contributed by atoms with Crippen molar-refractivity contribution in [2.75, 3.05) is 11.1 Å². The number of anilines is 1. The number of fused-ring (bicyclic) bond motifs is 1. The van der Waals surface area contributed by atoms with Crippen molar-refractivity contribution in [3.05, 3.63) is 55.7 Å². The molecule has 0 aliphatic carbocycles. The smallest absolute Gasteiger partial charge is 0.325 e. The van der Waals surface area contributed by atoms with Gasteiger partial charge in [0.05, 0.1) is 15.5 Å². The third kappa shape index (κ3) is 3.56. The van der Waals surface area contributed by atoms with Crippen molar-refractivity contribution >= 4 is 44.9 Å². The molecule has 1 aromatic carbocycles. The summed E-state index contributed by atoms with van der Waals surface area (Å²) in [5.41, 5.74) is 2.02. The molecule has 0 radical (unpaired) electrons. The third-order valence-electron chi connectivity index (χ3n) is 3.65. The second-order valence-electron chi connectivity index (χ2n) is 5.64. The van der Waals surface area contributed by atoms with Crippen molar-refractivity contribution in [3.63, 3.8) is 0 Å². The molecule has 0 aliphatic heterocycles. The summed E-state index contributed by atoms with van der Waals surface area (Å²) in [5.74, 6) is -0.137. The predicted molar refractivity (Wildman–Crippen MR) is 103 cm³/mol. The Labute approximate surface area is 156 Å². The number of carbonyl (C=O) groups is 1. The van der Waals surface area contributed by atoms with Crippen LogP contribution >= 0.6 is 23.1 Å². The van der Waals surface area contributed by atoms with Crippen LogP contribution in [0.15, 0.2) is 32.0 Å². The molecule has 0 atom stereocenters. The molecule has 0 fully saturated rings. The minimum atomic E-state index is -0.666. The molecule has 0 aliphatic rings. The second kappa shape index (κ2) is 7.19. The van der Waals surface area contributed by atoms with Crippen LogP contribution in [0.5, 0.6) is 0 Å². The van der Waals surface area contributed by atoms with Gasteiger partial charge in [0.1, 0.15) is 16.3 Å². The molecule has 0 spiro atoms. The monoisotopic (exact) mass is 386 g/mol. The number of benzene rings is 1. The number of hydrogen-bond acceptors (Lipinski definition) is 6. The lowest BCUT2D eigenvalue weighted by Gasteiger charge is -2.08. The fourth-order valence-corrected chi connectivity index (χ4v) is 4.59. The predicted octanol–water partition coefficient (Wildman–Crippen LogP) is 2.50. The number of hydrogen-bond donors (Lipinski definition) is 3. The van der Waals surface area contributed by atoms with E-state index in [4.69, 9.17) is 0 Å². The first kappa shape index (κ1) is 18.0. The number of thiophene rings is 1. The van der Waals surface area contributed by atoms with E-state index in [0.717, 1.165) is 39.9 Å². The van der Waals surface area contributed by atoms with Gasteiger partial charge in [-0.15, -0.1) is 23.1 Å². The highest BCUT2D eigenvalue weighted by Crippen LogP contribution is 2.34. The molecule has 3 N–H and O–H groups in total. The Balaban J connectivity index is 1.80. The number of nitriles is 1. The van der Waals surface area contributed by atoms with E-state index in [0.29, 0.717) is 4.21 Å². The number of aromatic nitrogens is 2. The first-order valence-electron chi connectivity index (χ1n) is 7.58. The second-order valence-corrected chi connectivity index (χ2v) is 7.91. The van der Waals surface area contributed by atoms with E-state index in [-0.39, 0.29) is 27.4 Å². The number of amides is 1. The SMILES string of the molecule is Cc1ccc(NC(=O)CSc2sc3c(=O)[nH]c(=O)[nH]c3c2C#N)c(C)c1. The van der Waals surface area contributed by atoms with Crippen molar-refractivity contribution in [2.45, 2.75) is 18.1 Å². The van der Waals surface area contributed by atoms with Crippen LogP contribution in [-0.4, -0.2) is 21.6 Å². The van der Waals surface area contributed by atoms with E-state index in [9.17, 15) is 19.6 Å². The van der Waals surface area contributed by atoms with Crippen molar-refractivity contribution in [1.29, 1.82) is 5.26 Å². The Morgan fingerprint density at radius 2 is 2.08 bits per heavy atom. The van der Waals surface area contributed by atoms with Gasteiger partial charge >= 0.3 is 5.69 Å². The lowest BCUT2D eigenvalue weighted by Crippen LogP contribution is -2.20. The molecule has 26 heavy (non-hydrogen) atoms. The maximum Gasteiger partial charge on any atom is 0.326 e. The van der Waals surface area contributed by atoms with E-state index >= 15 is 0 Å². The number of thioether (sulfide) groups is 1. The van der Waals surface area contributed by atoms with Crippen LogP contribution in [0.25, 0.3) is 10.2 Å². The van der Waals surface area contributed by atoms with E-state index < -0.39 is 11.2 Å². The number of rotatable bonds is 4. The van der Waals surface area contributed by atoms with Gasteiger partial charge in [-0.2, -0.15) is 5.26 Å². The summed E-state index contributed by atoms with van der Waals surface area (Å²) < 4.78 is 0.782. The maximum atomic E-state index is 12.2. The van der Waals surface area contributed by atoms with Gasteiger partial charge in [0.15, 0.2) is 0 Å². The van der Waals surface area contributed by atoms with E-state index in [1.807, 2.05) is 38.1 Å². The molecule has 1 amide bonds. The minimum Gasteiger partial charge on any atom is -0.325 e. The minimum absolute atomic E-state index is 0.0803. The lowest BCUT2D eigenvalue weighted by atomic mass is 10.1. The number of H-pyrrole nitrogens is 2. The highest BCUT2D eigenvalue weighted by Gasteiger charge is 2.17. The molecular formula is C17H14N4O3S2. The van der Waals surface area contributed by atoms with E-state index in [2.05, 4.69) is 15.3 Å². The third-order valence-corrected chi connectivity index (χ3v) is 6.11. The molecule has 0 saturated heterocycles. The van der Waals surface area contributed by atoms with Gasteiger partial charge < -0.3 is 10.3 Å². The van der Waals surface area contributed by atoms with Gasteiger partial charge in [-0.05, 0) is 25.5 Å². The summed E-state index contributed by atoms with van der Waals surface area (Å²) in [4.78, 5) is 40.1. The maximum absolute atomic E-state index is 12.2. The molecule has 7 nitrogen and oxygen atoms in total. The lowest BCUT2D eigenvalue weighted by molar-refractivity contribution is -0.113. The van der Waals surface area contributed by atoms with E-state index in [1.54, 1.807) is 0 Å². The summed E-state index contributed by atoms with van der Waals surface area (Å²) in [5, 5.41) is 12.2. The molecule has 3 aromatic rings. The fraction of sp³-hybridized carbons (Fsp3) is 0.176. The number of nitrogens with one attached hydrogen (secondary N) is 3. The molecule has 0 bridgehead atoms. The standard InChI is InChI=1S/C17H14N4O3S2/c1-8-3-4-11(9(2)5-8)19-12(22)7-25-16-10(6-18)13-14(26-16)15(23)21-17(24)20-13/h3-5H,7H2,1-2H3,(H,19,22)(H2,20,21,23,24). The first-order chi connectivity index (χ1) is 12.4. The van der Waals surface area contributed by atoms with Crippen LogP contribution in [0.4, 0.5) is 5.69 Å². The van der Waals surface area contributed by atoms with Crippen LogP contribution in [0.1, 0.15) is 16.7 Å². The molecule has 0 saturated carbocycles. The summed E-state index contributed by atoms with van der Waals surface area (Å²) in [6.07, 6.45) is 0. The zero-order valence-corrected chi connectivity index (χ0v) is 15.6. The van der Waals surface area contributed by atoms with Crippen molar-refractivity contribution in [3.8, 4) is 6.07 Å². The fourth-order valence-electron chi connectivity index (χ4n) is 2.47. The number of carbonyl (C=O) groups excluding carboxylic acids is 1. The van der Waals surface area contributed by atoms with Gasteiger partial charge in [-0.25, -0.2) is 4.79 Å². The van der Waals surface area contributed by atoms with Gasteiger partial charge in [0, 0.05) is 5.69 Å². The average Bonchev–Trinajstić information content (AvgIpc) is 2.93. The molecule has 132 valence electrons. The van der Waals surface area contributed by atoms with Gasteiger partial charge in [-0.3, -0.25) is 14.6 Å². The quantitative estimate of drug-likeness (QED) is 0.595. The Morgan fingerprint density at radius 3 is 2.77 bits per heavy atom. The van der Waals surface area contributed by atoms with Crippen molar-refractivity contribution in [2.24, 2.45) is 0 Å². The zero-order chi connectivity index (χ0) is 18.8. The van der Waals surface area contributed by atoms with Gasteiger partial charge in [-0.1, -0.05) is 17.7 Å². The molecule has 3 rings (SSSR count). The molecule has 9 heteroatoms. The van der Waals surface area contributed by atoms with Gasteiger partial charge in [0.25, 0.3) is 5.56 Å². The normalized spacial score (nSPS) is 10.7. The van der Waals surface area contributed by atoms with Crippen molar-refractivity contribution < 1.29 is 4.79 Å². The summed E-state index contributed by atoms with van der Waals surface area (Å²) >= 11 is 2.24. The highest BCUT2D eigenvalue weighted by molar-refractivity contribution is 8.02. The van der Waals surface area contributed by atoms with Crippen LogP contribution in [0, 0.1) is 25.2 Å².